The molecule has 2 fully saturated rings. The van der Waals surface area contributed by atoms with Crippen molar-refractivity contribution in [2.24, 2.45) is 5.73 Å². The van der Waals surface area contributed by atoms with Crippen molar-refractivity contribution < 1.29 is 14.1 Å². The molecule has 1 saturated carbocycles. The first-order chi connectivity index (χ1) is 11.5. The third kappa shape index (κ3) is 5.07. The molecule has 1 aromatic heterocycles. The molecule has 3 rings (SSSR count). The minimum absolute atomic E-state index is 0. The van der Waals surface area contributed by atoms with Gasteiger partial charge in [0.15, 0.2) is 5.82 Å². The molecule has 1 amide bonds. The Bertz CT molecular complexity index is 578. The normalized spacial score (nSPS) is 24.2. The SMILES string of the molecule is CN(C)Cc1nc(C2(NC(=O)[C@@H]3CC[C@H](CN)O3)CCCC2)no1.Cl.Cl. The van der Waals surface area contributed by atoms with Crippen LogP contribution in [0.1, 0.15) is 50.2 Å². The Hall–Kier alpha value is -0.930. The van der Waals surface area contributed by atoms with Crippen molar-refractivity contribution in [1.29, 1.82) is 0 Å². The van der Waals surface area contributed by atoms with E-state index >= 15 is 0 Å². The Kier molecular flexibility index (Phi) is 8.75. The van der Waals surface area contributed by atoms with Crippen LogP contribution in [-0.4, -0.2) is 53.8 Å². The molecule has 0 radical (unpaired) electrons. The van der Waals surface area contributed by atoms with E-state index in [-0.39, 0.29) is 36.8 Å². The molecule has 10 heteroatoms. The molecule has 2 heterocycles. The summed E-state index contributed by atoms with van der Waals surface area (Å²) >= 11 is 0. The van der Waals surface area contributed by atoms with Gasteiger partial charge in [-0.15, -0.1) is 24.8 Å². The van der Waals surface area contributed by atoms with Crippen molar-refractivity contribution in [2.75, 3.05) is 20.6 Å². The average molecular weight is 410 g/mol. The number of carbonyl (C=O) groups excluding carboxylic acids is 1. The summed E-state index contributed by atoms with van der Waals surface area (Å²) in [6, 6.07) is 0. The molecule has 0 bridgehead atoms. The Morgan fingerprint density at radius 2 is 2.00 bits per heavy atom. The number of hydrogen-bond acceptors (Lipinski definition) is 7. The molecule has 3 N–H and O–H groups in total. The third-order valence-electron chi connectivity index (χ3n) is 4.83. The van der Waals surface area contributed by atoms with Crippen molar-refractivity contribution in [3.8, 4) is 0 Å². The van der Waals surface area contributed by atoms with E-state index in [2.05, 4.69) is 15.5 Å². The second-order valence-electron chi connectivity index (χ2n) is 7.09. The van der Waals surface area contributed by atoms with Crippen LogP contribution in [0, 0.1) is 0 Å². The minimum Gasteiger partial charge on any atom is -0.364 e. The van der Waals surface area contributed by atoms with E-state index in [0.29, 0.717) is 31.2 Å². The average Bonchev–Trinajstić information content (AvgIpc) is 3.27. The molecule has 0 aromatic carbocycles. The fourth-order valence-corrected chi connectivity index (χ4v) is 3.56. The minimum atomic E-state index is -0.532. The van der Waals surface area contributed by atoms with Crippen LogP contribution >= 0.6 is 24.8 Å². The fourth-order valence-electron chi connectivity index (χ4n) is 3.56. The zero-order valence-corrected chi connectivity index (χ0v) is 16.9. The van der Waals surface area contributed by atoms with Gasteiger partial charge in [0.2, 0.25) is 11.8 Å². The van der Waals surface area contributed by atoms with Crippen LogP contribution in [0.3, 0.4) is 0 Å². The summed E-state index contributed by atoms with van der Waals surface area (Å²) in [6.45, 7) is 1.04. The molecule has 0 unspecified atom stereocenters. The van der Waals surface area contributed by atoms with E-state index in [1.54, 1.807) is 0 Å². The van der Waals surface area contributed by atoms with Gasteiger partial charge in [-0.05, 0) is 39.8 Å². The van der Waals surface area contributed by atoms with Crippen molar-refractivity contribution in [1.82, 2.24) is 20.4 Å². The van der Waals surface area contributed by atoms with Crippen LogP contribution < -0.4 is 11.1 Å². The first kappa shape index (κ1) is 23.1. The maximum absolute atomic E-state index is 12.7. The van der Waals surface area contributed by atoms with Gasteiger partial charge >= 0.3 is 0 Å². The molecule has 2 aliphatic rings. The maximum atomic E-state index is 12.7. The van der Waals surface area contributed by atoms with Crippen molar-refractivity contribution in [3.63, 3.8) is 0 Å². The highest BCUT2D eigenvalue weighted by Crippen LogP contribution is 2.37. The van der Waals surface area contributed by atoms with Gasteiger partial charge in [-0.2, -0.15) is 4.98 Å². The highest BCUT2D eigenvalue weighted by molar-refractivity contribution is 5.85. The van der Waals surface area contributed by atoms with E-state index < -0.39 is 11.6 Å². The molecule has 1 aromatic rings. The van der Waals surface area contributed by atoms with E-state index in [4.69, 9.17) is 15.0 Å². The molecule has 1 aliphatic carbocycles. The number of rotatable bonds is 6. The summed E-state index contributed by atoms with van der Waals surface area (Å²) in [5.74, 6) is 1.06. The Balaban J connectivity index is 0.00000169. The first-order valence-corrected chi connectivity index (χ1v) is 8.68. The summed E-state index contributed by atoms with van der Waals surface area (Å²) in [4.78, 5) is 19.1. The lowest BCUT2D eigenvalue weighted by Gasteiger charge is -2.28. The van der Waals surface area contributed by atoms with Gasteiger partial charge < -0.3 is 25.2 Å². The Morgan fingerprint density at radius 1 is 1.31 bits per heavy atom. The molecular weight excluding hydrogens is 381 g/mol. The summed E-state index contributed by atoms with van der Waals surface area (Å²) < 4.78 is 11.1. The van der Waals surface area contributed by atoms with Crippen LogP contribution in [0.2, 0.25) is 0 Å². The van der Waals surface area contributed by atoms with Gasteiger partial charge in [-0.25, -0.2) is 0 Å². The molecule has 1 saturated heterocycles. The first-order valence-electron chi connectivity index (χ1n) is 8.68. The van der Waals surface area contributed by atoms with Crippen LogP contribution in [0.15, 0.2) is 4.52 Å². The second-order valence-corrected chi connectivity index (χ2v) is 7.09. The number of nitrogens with one attached hydrogen (secondary N) is 1. The molecule has 0 spiro atoms. The van der Waals surface area contributed by atoms with Gasteiger partial charge in [0.05, 0.1) is 12.6 Å². The molecule has 26 heavy (non-hydrogen) atoms. The molecule has 1 aliphatic heterocycles. The lowest BCUT2D eigenvalue weighted by molar-refractivity contribution is -0.134. The summed E-state index contributed by atoms with van der Waals surface area (Å²) in [6.07, 6.45) is 4.82. The van der Waals surface area contributed by atoms with Crippen LogP contribution in [-0.2, 0) is 21.6 Å². The summed E-state index contributed by atoms with van der Waals surface area (Å²) in [7, 11) is 3.89. The lowest BCUT2D eigenvalue weighted by atomic mass is 9.96. The quantitative estimate of drug-likeness (QED) is 0.730. The Morgan fingerprint density at radius 3 is 2.58 bits per heavy atom. The van der Waals surface area contributed by atoms with E-state index in [9.17, 15) is 4.79 Å². The monoisotopic (exact) mass is 409 g/mol. The maximum Gasteiger partial charge on any atom is 0.249 e. The van der Waals surface area contributed by atoms with Gasteiger partial charge in [0.25, 0.3) is 0 Å². The fraction of sp³-hybridized carbons (Fsp3) is 0.812. The smallest absolute Gasteiger partial charge is 0.249 e. The van der Waals surface area contributed by atoms with Crippen molar-refractivity contribution in [2.45, 2.75) is 62.8 Å². The standard InChI is InChI=1S/C16H27N5O3.2ClH/c1-21(2)10-13-18-15(20-24-13)16(7-3-4-8-16)19-14(22)12-6-5-11(9-17)23-12;;/h11-12H,3-10,17H2,1-2H3,(H,19,22);2*1H/t11-,12+;;/m1../s1. The number of halogens is 2. The number of carbonyl (C=O) groups is 1. The van der Waals surface area contributed by atoms with Crippen molar-refractivity contribution in [3.05, 3.63) is 11.7 Å². The number of nitrogens with two attached hydrogens (primary N) is 1. The lowest BCUT2D eigenvalue weighted by Crippen LogP contribution is -2.48. The third-order valence-corrected chi connectivity index (χ3v) is 4.83. The number of amides is 1. The summed E-state index contributed by atoms with van der Waals surface area (Å²) in [5.41, 5.74) is 5.09. The molecular formula is C16H29Cl2N5O3. The predicted molar refractivity (Wildman–Crippen MR) is 101 cm³/mol. The van der Waals surface area contributed by atoms with Crippen molar-refractivity contribution >= 4 is 30.7 Å². The second kappa shape index (κ2) is 9.85. The topological polar surface area (TPSA) is 107 Å². The van der Waals surface area contributed by atoms with Gasteiger partial charge in [0, 0.05) is 6.54 Å². The predicted octanol–water partition coefficient (Wildman–Crippen LogP) is 1.37. The number of ether oxygens (including phenoxy) is 1. The van der Waals surface area contributed by atoms with E-state index in [1.807, 2.05) is 19.0 Å². The number of aromatic nitrogens is 2. The molecule has 2 atom stereocenters. The van der Waals surface area contributed by atoms with E-state index in [1.165, 1.54) is 0 Å². The van der Waals surface area contributed by atoms with Gasteiger partial charge in [-0.1, -0.05) is 18.0 Å². The van der Waals surface area contributed by atoms with Crippen LogP contribution in [0.5, 0.6) is 0 Å². The zero-order chi connectivity index (χ0) is 17.2. The highest BCUT2D eigenvalue weighted by atomic mass is 35.5. The molecule has 150 valence electrons. The highest BCUT2D eigenvalue weighted by Gasteiger charge is 2.43. The van der Waals surface area contributed by atoms with E-state index in [0.717, 1.165) is 32.1 Å². The van der Waals surface area contributed by atoms with Gasteiger partial charge in [-0.3, -0.25) is 4.79 Å². The number of hydrogen-bond donors (Lipinski definition) is 2. The molecule has 8 nitrogen and oxygen atoms in total. The Labute approximate surface area is 166 Å². The van der Waals surface area contributed by atoms with Crippen LogP contribution in [0.4, 0.5) is 0 Å². The van der Waals surface area contributed by atoms with Gasteiger partial charge in [0.1, 0.15) is 11.6 Å². The largest absolute Gasteiger partial charge is 0.364 e. The summed E-state index contributed by atoms with van der Waals surface area (Å²) in [5, 5.41) is 7.30. The zero-order valence-electron chi connectivity index (χ0n) is 15.3. The van der Waals surface area contributed by atoms with Crippen LogP contribution in [0.25, 0.3) is 0 Å². The number of nitrogens with zero attached hydrogens (tertiary/aromatic N) is 3.